The molecule has 0 fully saturated rings. The van der Waals surface area contributed by atoms with Gasteiger partial charge >= 0.3 is 18.9 Å². The molecule has 1 aromatic carbocycles. The standard InChI is InChI=1S/C10H9.Li/c1-2-3-7-10-8-5-4-6-9-10;/h4-9H,1H3;/q-1;+1. The minimum atomic E-state index is 0. The van der Waals surface area contributed by atoms with Crippen LogP contribution >= 0.6 is 0 Å². The van der Waals surface area contributed by atoms with Crippen LogP contribution in [0.4, 0.5) is 0 Å². The number of hydrogen-bond acceptors (Lipinski definition) is 0. The van der Waals surface area contributed by atoms with Crippen molar-refractivity contribution in [2.24, 2.45) is 0 Å². The first-order valence-electron chi connectivity index (χ1n) is 3.24. The first-order chi connectivity index (χ1) is 4.93. The molecule has 0 aliphatic rings. The van der Waals surface area contributed by atoms with Crippen LogP contribution in [0.1, 0.15) is 12.5 Å². The van der Waals surface area contributed by atoms with Gasteiger partial charge in [0.1, 0.15) is 0 Å². The Hall–Kier alpha value is -0.753. The Morgan fingerprint density at radius 2 is 1.82 bits per heavy atom. The van der Waals surface area contributed by atoms with Gasteiger partial charge in [0.2, 0.25) is 0 Å². The van der Waals surface area contributed by atoms with E-state index in [-0.39, 0.29) is 18.9 Å². The fourth-order valence-electron chi connectivity index (χ4n) is 0.705. The van der Waals surface area contributed by atoms with E-state index in [0.29, 0.717) is 0 Å². The molecule has 0 saturated heterocycles. The molecule has 1 rings (SSSR count). The summed E-state index contributed by atoms with van der Waals surface area (Å²) in [6.45, 7) is 1.83. The van der Waals surface area contributed by atoms with Crippen molar-refractivity contribution in [1.82, 2.24) is 0 Å². The van der Waals surface area contributed by atoms with Crippen LogP contribution in [0.2, 0.25) is 0 Å². The zero-order chi connectivity index (χ0) is 7.23. The summed E-state index contributed by atoms with van der Waals surface area (Å²) in [5.41, 5.74) is 1.16. The Balaban J connectivity index is 0.000001000. The molecule has 0 saturated carbocycles. The van der Waals surface area contributed by atoms with E-state index < -0.39 is 0 Å². The summed E-state index contributed by atoms with van der Waals surface area (Å²) in [4.78, 5) is 0. The minimum Gasteiger partial charge on any atom is -0.214 e. The molecule has 0 aliphatic carbocycles. The summed E-state index contributed by atoms with van der Waals surface area (Å²) < 4.78 is 0. The molecule has 0 aromatic heterocycles. The minimum absolute atomic E-state index is 0. The largest absolute Gasteiger partial charge is 1.00 e. The fraction of sp³-hybridized carbons (Fsp3) is 0.100. The molecule has 0 bridgehead atoms. The second-order valence-electron chi connectivity index (χ2n) is 1.95. The quantitative estimate of drug-likeness (QED) is 0.271. The molecular formula is C10H9Li. The third kappa shape index (κ3) is 3.84. The first kappa shape index (κ1) is 10.2. The number of benzene rings is 1. The van der Waals surface area contributed by atoms with E-state index in [4.69, 9.17) is 0 Å². The van der Waals surface area contributed by atoms with Crippen LogP contribution in [0.5, 0.6) is 0 Å². The summed E-state index contributed by atoms with van der Waals surface area (Å²) in [6, 6.07) is 10.1. The van der Waals surface area contributed by atoms with Gasteiger partial charge in [-0.15, -0.1) is 29.8 Å². The van der Waals surface area contributed by atoms with Gasteiger partial charge in [0.05, 0.1) is 0 Å². The Bertz CT molecular complexity index is 241. The zero-order valence-electron chi connectivity index (χ0n) is 6.96. The summed E-state index contributed by atoms with van der Waals surface area (Å²) >= 11 is 0. The van der Waals surface area contributed by atoms with E-state index in [9.17, 15) is 0 Å². The molecule has 0 atom stereocenters. The molecule has 0 radical (unpaired) electrons. The predicted octanol–water partition coefficient (Wildman–Crippen LogP) is -0.734. The van der Waals surface area contributed by atoms with E-state index in [0.717, 1.165) is 5.56 Å². The summed E-state index contributed by atoms with van der Waals surface area (Å²) in [5.74, 6) is 5.70. The molecule has 0 unspecified atom stereocenters. The maximum atomic E-state index is 2.89. The topological polar surface area (TPSA) is 0 Å². The van der Waals surface area contributed by atoms with Crippen LogP contribution < -0.4 is 18.9 Å². The van der Waals surface area contributed by atoms with E-state index in [1.807, 2.05) is 43.7 Å². The maximum Gasteiger partial charge on any atom is 1.00 e. The van der Waals surface area contributed by atoms with Crippen molar-refractivity contribution >= 4 is 0 Å². The molecule has 50 valence electrons. The van der Waals surface area contributed by atoms with Gasteiger partial charge in [0.15, 0.2) is 0 Å². The van der Waals surface area contributed by atoms with Crippen molar-refractivity contribution < 1.29 is 18.9 Å². The van der Waals surface area contributed by atoms with Crippen LogP contribution in [0.15, 0.2) is 30.3 Å². The molecular weight excluding hydrogens is 127 g/mol. The van der Waals surface area contributed by atoms with Crippen molar-refractivity contribution in [2.75, 3.05) is 0 Å². The normalized spacial score (nSPS) is 7.00. The summed E-state index contributed by atoms with van der Waals surface area (Å²) in [7, 11) is 0. The van der Waals surface area contributed by atoms with Gasteiger partial charge in [-0.2, -0.15) is 5.92 Å². The van der Waals surface area contributed by atoms with Gasteiger partial charge in [-0.05, 0) is 6.92 Å². The SMILES string of the molecule is CC#C[CH-]c1ccccc1.[Li+]. The van der Waals surface area contributed by atoms with Crippen molar-refractivity contribution in [1.29, 1.82) is 0 Å². The monoisotopic (exact) mass is 136 g/mol. The van der Waals surface area contributed by atoms with Crippen LogP contribution in [0.25, 0.3) is 0 Å². The van der Waals surface area contributed by atoms with Gasteiger partial charge in [-0.25, -0.2) is 5.92 Å². The number of hydrogen-bond donors (Lipinski definition) is 0. The summed E-state index contributed by atoms with van der Waals surface area (Å²) in [5, 5.41) is 0. The number of rotatable bonds is 1. The third-order valence-corrected chi connectivity index (χ3v) is 1.18. The van der Waals surface area contributed by atoms with Crippen molar-refractivity contribution in [3.8, 4) is 11.8 Å². The van der Waals surface area contributed by atoms with Crippen molar-refractivity contribution in [3.63, 3.8) is 0 Å². The van der Waals surface area contributed by atoms with E-state index in [1.54, 1.807) is 0 Å². The molecule has 0 nitrogen and oxygen atoms in total. The average Bonchev–Trinajstić information content (AvgIpc) is 2.03. The molecule has 11 heavy (non-hydrogen) atoms. The fourth-order valence-corrected chi connectivity index (χ4v) is 0.705. The Morgan fingerprint density at radius 3 is 2.36 bits per heavy atom. The van der Waals surface area contributed by atoms with Gasteiger partial charge in [-0.1, -0.05) is 12.5 Å². The van der Waals surface area contributed by atoms with Crippen molar-refractivity contribution in [2.45, 2.75) is 6.92 Å². The van der Waals surface area contributed by atoms with Gasteiger partial charge in [0, 0.05) is 0 Å². The van der Waals surface area contributed by atoms with E-state index >= 15 is 0 Å². The average molecular weight is 136 g/mol. The molecule has 0 aliphatic heterocycles. The Morgan fingerprint density at radius 1 is 1.18 bits per heavy atom. The Kier molecular flexibility index (Phi) is 5.58. The van der Waals surface area contributed by atoms with Gasteiger partial charge in [-0.3, -0.25) is 0 Å². The van der Waals surface area contributed by atoms with Crippen LogP contribution in [-0.2, 0) is 0 Å². The van der Waals surface area contributed by atoms with Crippen LogP contribution in [-0.4, -0.2) is 0 Å². The molecule has 0 spiro atoms. The second-order valence-corrected chi connectivity index (χ2v) is 1.95. The Labute approximate surface area is 80.2 Å². The smallest absolute Gasteiger partial charge is 0.214 e. The first-order valence-corrected chi connectivity index (χ1v) is 3.24. The maximum absolute atomic E-state index is 2.89. The predicted molar refractivity (Wildman–Crippen MR) is 43.3 cm³/mol. The third-order valence-electron chi connectivity index (χ3n) is 1.18. The van der Waals surface area contributed by atoms with Crippen LogP contribution in [0.3, 0.4) is 0 Å². The zero-order valence-corrected chi connectivity index (χ0v) is 6.96. The molecule has 0 amide bonds. The van der Waals surface area contributed by atoms with Crippen LogP contribution in [0, 0.1) is 18.3 Å². The molecule has 1 heteroatoms. The second kappa shape index (κ2) is 5.99. The van der Waals surface area contributed by atoms with Crippen molar-refractivity contribution in [3.05, 3.63) is 42.3 Å². The molecule has 0 N–H and O–H groups in total. The van der Waals surface area contributed by atoms with Gasteiger partial charge < -0.3 is 0 Å². The van der Waals surface area contributed by atoms with E-state index in [2.05, 4.69) is 11.8 Å². The molecule has 1 aromatic rings. The van der Waals surface area contributed by atoms with Gasteiger partial charge in [0.25, 0.3) is 0 Å². The summed E-state index contributed by atoms with van der Waals surface area (Å²) in [6.07, 6.45) is 1.90. The molecule has 0 heterocycles. The van der Waals surface area contributed by atoms with E-state index in [1.165, 1.54) is 0 Å².